The van der Waals surface area contributed by atoms with Gasteiger partial charge in [0.05, 0.1) is 12.6 Å². The molecule has 4 rings (SSSR count). The highest BCUT2D eigenvalue weighted by Crippen LogP contribution is 2.24. The van der Waals surface area contributed by atoms with Crippen molar-refractivity contribution in [2.24, 2.45) is 7.05 Å². The fourth-order valence-electron chi connectivity index (χ4n) is 3.08. The molecule has 1 aliphatic heterocycles. The van der Waals surface area contributed by atoms with Crippen molar-refractivity contribution in [2.45, 2.75) is 12.6 Å². The highest BCUT2D eigenvalue weighted by Gasteiger charge is 2.28. The zero-order valence-corrected chi connectivity index (χ0v) is 12.9. The summed E-state index contributed by atoms with van der Waals surface area (Å²) >= 11 is 0. The van der Waals surface area contributed by atoms with E-state index in [-0.39, 0.29) is 11.9 Å². The van der Waals surface area contributed by atoms with Gasteiger partial charge in [0, 0.05) is 45.1 Å². The third kappa shape index (κ3) is 2.73. The Morgan fingerprint density at radius 1 is 1.43 bits per heavy atom. The second-order valence-electron chi connectivity index (χ2n) is 5.81. The molecule has 1 aliphatic rings. The molecule has 1 fully saturated rings. The van der Waals surface area contributed by atoms with Gasteiger partial charge in [-0.25, -0.2) is 14.4 Å². The topological polar surface area (TPSA) is 59.1 Å². The van der Waals surface area contributed by atoms with E-state index in [1.807, 2.05) is 24.0 Å². The third-order valence-electron chi connectivity index (χ3n) is 4.24. The first kappa shape index (κ1) is 14.3. The number of benzene rings is 1. The maximum atomic E-state index is 13.3. The van der Waals surface area contributed by atoms with Gasteiger partial charge in [-0.2, -0.15) is 0 Å². The Labute approximate surface area is 132 Å². The molecule has 3 aromatic rings. The second kappa shape index (κ2) is 5.75. The summed E-state index contributed by atoms with van der Waals surface area (Å²) in [5, 5.41) is 3.40. The minimum Gasteiger partial charge on any atom is -0.439 e. The fraction of sp³-hybridized carbons (Fsp3) is 0.375. The van der Waals surface area contributed by atoms with Gasteiger partial charge in [-0.1, -0.05) is 0 Å². The molecule has 1 unspecified atom stereocenters. The van der Waals surface area contributed by atoms with Crippen molar-refractivity contribution in [3.05, 3.63) is 48.1 Å². The molecule has 0 aliphatic carbocycles. The predicted octanol–water partition coefficient (Wildman–Crippen LogP) is 1.85. The van der Waals surface area contributed by atoms with E-state index < -0.39 is 0 Å². The van der Waals surface area contributed by atoms with Crippen LogP contribution in [-0.2, 0) is 13.6 Å². The lowest BCUT2D eigenvalue weighted by Gasteiger charge is -2.34. The molecule has 2 aromatic heterocycles. The molecule has 1 aromatic carbocycles. The Hall–Kier alpha value is -2.25. The highest BCUT2D eigenvalue weighted by molar-refractivity contribution is 5.72. The molecule has 0 spiro atoms. The average molecular weight is 315 g/mol. The van der Waals surface area contributed by atoms with Gasteiger partial charge < -0.3 is 14.3 Å². The zero-order chi connectivity index (χ0) is 15.8. The zero-order valence-electron chi connectivity index (χ0n) is 12.9. The second-order valence-corrected chi connectivity index (χ2v) is 5.81. The van der Waals surface area contributed by atoms with Gasteiger partial charge in [-0.15, -0.1) is 0 Å². The number of nitrogens with one attached hydrogen (secondary N) is 1. The molecule has 1 saturated heterocycles. The summed E-state index contributed by atoms with van der Waals surface area (Å²) < 4.78 is 21.1. The van der Waals surface area contributed by atoms with Crippen molar-refractivity contribution in [1.82, 2.24) is 24.8 Å². The largest absolute Gasteiger partial charge is 0.439 e. The quantitative estimate of drug-likeness (QED) is 0.799. The Morgan fingerprint density at radius 3 is 3.17 bits per heavy atom. The summed E-state index contributed by atoms with van der Waals surface area (Å²) in [6.45, 7) is 3.20. The first-order valence-electron chi connectivity index (χ1n) is 7.67. The van der Waals surface area contributed by atoms with Crippen molar-refractivity contribution in [2.75, 3.05) is 19.6 Å². The number of fused-ring (bicyclic) bond motifs is 1. The summed E-state index contributed by atoms with van der Waals surface area (Å²) in [4.78, 5) is 11.2. The van der Waals surface area contributed by atoms with Crippen molar-refractivity contribution < 1.29 is 8.81 Å². The standard InChI is InChI=1S/C16H18FN5O/c1-21-6-5-19-16(21)13-9-18-4-7-22(13)10-15-20-12-8-11(17)2-3-14(12)23-15/h2-3,5-6,8,13,18H,4,7,9-10H2,1H3. The molecule has 0 saturated carbocycles. The van der Waals surface area contributed by atoms with Crippen LogP contribution in [0.2, 0.25) is 0 Å². The average Bonchev–Trinajstić information content (AvgIpc) is 3.13. The van der Waals surface area contributed by atoms with E-state index in [1.54, 1.807) is 6.07 Å². The van der Waals surface area contributed by atoms with E-state index in [0.29, 0.717) is 23.5 Å². The smallest absolute Gasteiger partial charge is 0.209 e. The van der Waals surface area contributed by atoms with E-state index in [1.165, 1.54) is 12.1 Å². The van der Waals surface area contributed by atoms with Crippen molar-refractivity contribution >= 4 is 11.1 Å². The Morgan fingerprint density at radius 2 is 2.35 bits per heavy atom. The molecule has 3 heterocycles. The maximum absolute atomic E-state index is 13.3. The van der Waals surface area contributed by atoms with Gasteiger partial charge in [0.2, 0.25) is 5.89 Å². The van der Waals surface area contributed by atoms with E-state index in [9.17, 15) is 4.39 Å². The molecule has 6 nitrogen and oxygen atoms in total. The molecule has 0 radical (unpaired) electrons. The van der Waals surface area contributed by atoms with E-state index in [4.69, 9.17) is 4.42 Å². The number of oxazole rings is 1. The highest BCUT2D eigenvalue weighted by atomic mass is 19.1. The lowest BCUT2D eigenvalue weighted by molar-refractivity contribution is 0.133. The van der Waals surface area contributed by atoms with Crippen LogP contribution in [-0.4, -0.2) is 39.1 Å². The van der Waals surface area contributed by atoms with Crippen LogP contribution >= 0.6 is 0 Å². The van der Waals surface area contributed by atoms with Crippen molar-refractivity contribution in [1.29, 1.82) is 0 Å². The molecule has 1 atom stereocenters. The number of nitrogens with zero attached hydrogens (tertiary/aromatic N) is 4. The molecular weight excluding hydrogens is 297 g/mol. The summed E-state index contributed by atoms with van der Waals surface area (Å²) in [7, 11) is 2.00. The molecular formula is C16H18FN5O. The minimum atomic E-state index is -0.301. The monoisotopic (exact) mass is 315 g/mol. The number of imidazole rings is 1. The van der Waals surface area contributed by atoms with Crippen molar-refractivity contribution in [3.63, 3.8) is 0 Å². The van der Waals surface area contributed by atoms with Gasteiger partial charge in [0.15, 0.2) is 5.58 Å². The normalized spacial score (nSPS) is 19.5. The Kier molecular flexibility index (Phi) is 3.59. The third-order valence-corrected chi connectivity index (χ3v) is 4.24. The molecule has 0 amide bonds. The van der Waals surface area contributed by atoms with Gasteiger partial charge in [-0.05, 0) is 12.1 Å². The van der Waals surface area contributed by atoms with Gasteiger partial charge in [0.1, 0.15) is 17.2 Å². The lowest BCUT2D eigenvalue weighted by Crippen LogP contribution is -2.46. The van der Waals surface area contributed by atoms with E-state index in [2.05, 4.69) is 20.2 Å². The molecule has 7 heteroatoms. The fourth-order valence-corrected chi connectivity index (χ4v) is 3.08. The van der Waals surface area contributed by atoms with Crippen LogP contribution in [0, 0.1) is 5.82 Å². The van der Waals surface area contributed by atoms with Gasteiger partial charge >= 0.3 is 0 Å². The first-order chi connectivity index (χ1) is 11.2. The summed E-state index contributed by atoms with van der Waals surface area (Å²) in [6, 6.07) is 4.57. The number of aromatic nitrogens is 3. The molecule has 23 heavy (non-hydrogen) atoms. The van der Waals surface area contributed by atoms with Crippen LogP contribution in [0.5, 0.6) is 0 Å². The summed E-state index contributed by atoms with van der Waals surface area (Å²) in [5.74, 6) is 1.32. The van der Waals surface area contributed by atoms with Gasteiger partial charge in [-0.3, -0.25) is 4.90 Å². The number of rotatable bonds is 3. The number of hydrogen-bond acceptors (Lipinski definition) is 5. The van der Waals surface area contributed by atoms with Crippen LogP contribution in [0.1, 0.15) is 17.8 Å². The van der Waals surface area contributed by atoms with Crippen molar-refractivity contribution in [3.8, 4) is 0 Å². The lowest BCUT2D eigenvalue weighted by atomic mass is 10.1. The number of piperazine rings is 1. The maximum Gasteiger partial charge on any atom is 0.209 e. The summed E-state index contributed by atoms with van der Waals surface area (Å²) in [5.41, 5.74) is 1.17. The number of hydrogen-bond donors (Lipinski definition) is 1. The SMILES string of the molecule is Cn1ccnc1C1CNCCN1Cc1nc2cc(F)ccc2o1. The number of aryl methyl sites for hydroxylation is 1. The Balaban J connectivity index is 1.60. The summed E-state index contributed by atoms with van der Waals surface area (Å²) in [6.07, 6.45) is 3.76. The van der Waals surface area contributed by atoms with Crippen LogP contribution in [0.4, 0.5) is 4.39 Å². The van der Waals surface area contributed by atoms with Crippen LogP contribution in [0.3, 0.4) is 0 Å². The molecule has 0 bridgehead atoms. The van der Waals surface area contributed by atoms with Crippen LogP contribution in [0.15, 0.2) is 35.0 Å². The first-order valence-corrected chi connectivity index (χ1v) is 7.67. The van der Waals surface area contributed by atoms with E-state index >= 15 is 0 Å². The van der Waals surface area contributed by atoms with Crippen LogP contribution < -0.4 is 5.32 Å². The minimum absolute atomic E-state index is 0.162. The number of halogens is 1. The van der Waals surface area contributed by atoms with Gasteiger partial charge in [0.25, 0.3) is 0 Å². The Bertz CT molecular complexity index is 827. The predicted molar refractivity (Wildman–Crippen MR) is 83.2 cm³/mol. The molecule has 1 N–H and O–H groups in total. The van der Waals surface area contributed by atoms with Crippen LogP contribution in [0.25, 0.3) is 11.1 Å². The molecule has 120 valence electrons. The van der Waals surface area contributed by atoms with E-state index in [0.717, 1.165) is 25.5 Å².